The quantitative estimate of drug-likeness (QED) is 0.701. The summed E-state index contributed by atoms with van der Waals surface area (Å²) in [6.07, 6.45) is 1.58. The van der Waals surface area contributed by atoms with E-state index in [4.69, 9.17) is 21.8 Å². The average molecular weight is 399 g/mol. The van der Waals surface area contributed by atoms with E-state index >= 15 is 0 Å². The number of carbonyl (C=O) groups excluding carboxylic acids is 1. The van der Waals surface area contributed by atoms with Crippen LogP contribution in [0.15, 0.2) is 50.7 Å². The molecule has 1 aliphatic heterocycles. The number of hydrogen-bond acceptors (Lipinski definition) is 6. The maximum absolute atomic E-state index is 12.4. The lowest BCUT2D eigenvalue weighted by atomic mass is 9.96. The van der Waals surface area contributed by atoms with Gasteiger partial charge in [0.05, 0.1) is 18.0 Å². The second-order valence-electron chi connectivity index (χ2n) is 6.43. The van der Waals surface area contributed by atoms with Crippen molar-refractivity contribution in [3.63, 3.8) is 0 Å². The highest BCUT2D eigenvalue weighted by molar-refractivity contribution is 6.30. The molecular weight excluding hydrogens is 384 g/mol. The van der Waals surface area contributed by atoms with Crippen LogP contribution in [0.5, 0.6) is 5.75 Å². The van der Waals surface area contributed by atoms with Gasteiger partial charge in [0.15, 0.2) is 5.82 Å². The van der Waals surface area contributed by atoms with Crippen LogP contribution in [0, 0.1) is 6.92 Å². The number of nitrogens with zero attached hydrogens (tertiary/aromatic N) is 3. The lowest BCUT2D eigenvalue weighted by Crippen LogP contribution is -2.25. The Morgan fingerprint density at radius 2 is 2.07 bits per heavy atom. The van der Waals surface area contributed by atoms with Crippen molar-refractivity contribution in [2.45, 2.75) is 19.4 Å². The zero-order valence-corrected chi connectivity index (χ0v) is 15.5. The smallest absolute Gasteiger partial charge is 0.348 e. The number of hydrogen-bond donors (Lipinski definition) is 2. The number of rotatable bonds is 3. The minimum absolute atomic E-state index is 0.0487. The molecule has 3 aromatic rings. The number of aliphatic imine (C=N–C) groups is 1. The van der Waals surface area contributed by atoms with Crippen molar-refractivity contribution in [3.8, 4) is 5.75 Å². The summed E-state index contributed by atoms with van der Waals surface area (Å²) in [6.45, 7) is 1.56. The minimum Gasteiger partial charge on any atom is -0.507 e. The molecule has 4 rings (SSSR count). The van der Waals surface area contributed by atoms with E-state index in [1.165, 1.54) is 12.3 Å². The van der Waals surface area contributed by atoms with Crippen LogP contribution >= 0.6 is 11.6 Å². The van der Waals surface area contributed by atoms with E-state index in [0.29, 0.717) is 5.02 Å². The Bertz CT molecular complexity index is 1180. The highest BCUT2D eigenvalue weighted by atomic mass is 35.5. The number of primary amides is 1. The summed E-state index contributed by atoms with van der Waals surface area (Å²) in [6, 6.07) is 8.08. The maximum atomic E-state index is 12.4. The number of aryl methyl sites for hydroxylation is 1. The van der Waals surface area contributed by atoms with Crippen molar-refractivity contribution in [3.05, 3.63) is 74.4 Å². The molecule has 1 aromatic carbocycles. The summed E-state index contributed by atoms with van der Waals surface area (Å²) < 4.78 is 6.69. The third-order valence-corrected chi connectivity index (χ3v) is 4.81. The van der Waals surface area contributed by atoms with Crippen molar-refractivity contribution in [2.24, 2.45) is 10.7 Å². The molecule has 8 nitrogen and oxygen atoms in total. The van der Waals surface area contributed by atoms with Crippen LogP contribution in [0.3, 0.4) is 0 Å². The van der Waals surface area contributed by atoms with E-state index in [0.717, 1.165) is 5.56 Å². The van der Waals surface area contributed by atoms with Gasteiger partial charge in [-0.2, -0.15) is 5.10 Å². The number of aromatic nitrogens is 2. The zero-order valence-electron chi connectivity index (χ0n) is 14.7. The number of nitrogens with two attached hydrogens (primary N) is 1. The average Bonchev–Trinajstić information content (AvgIpc) is 3.05. The summed E-state index contributed by atoms with van der Waals surface area (Å²) in [5.41, 5.74) is 5.92. The molecule has 28 heavy (non-hydrogen) atoms. The van der Waals surface area contributed by atoms with Crippen LogP contribution in [0.2, 0.25) is 5.02 Å². The fourth-order valence-electron chi connectivity index (χ4n) is 3.28. The van der Waals surface area contributed by atoms with Crippen LogP contribution in [-0.2, 0) is 0 Å². The Morgan fingerprint density at radius 3 is 2.71 bits per heavy atom. The zero-order chi connectivity index (χ0) is 20.0. The second-order valence-corrected chi connectivity index (χ2v) is 6.86. The lowest BCUT2D eigenvalue weighted by Gasteiger charge is -2.25. The first kappa shape index (κ1) is 18.0. The van der Waals surface area contributed by atoms with Gasteiger partial charge in [-0.05, 0) is 24.6 Å². The first-order valence-corrected chi connectivity index (χ1v) is 8.77. The van der Waals surface area contributed by atoms with Crippen molar-refractivity contribution >= 4 is 29.0 Å². The molecule has 0 radical (unpaired) electrons. The Kier molecular flexibility index (Phi) is 4.27. The van der Waals surface area contributed by atoms with Crippen molar-refractivity contribution < 1.29 is 14.3 Å². The number of aromatic hydroxyl groups is 1. The van der Waals surface area contributed by atoms with Gasteiger partial charge < -0.3 is 15.3 Å². The molecule has 2 aromatic heterocycles. The van der Waals surface area contributed by atoms with Gasteiger partial charge in [0.2, 0.25) is 0 Å². The monoisotopic (exact) mass is 398 g/mol. The van der Waals surface area contributed by atoms with Crippen LogP contribution in [-0.4, -0.2) is 26.5 Å². The molecule has 0 saturated carbocycles. The molecule has 1 atom stereocenters. The Labute approximate surface area is 163 Å². The molecule has 142 valence electrons. The fourth-order valence-corrected chi connectivity index (χ4v) is 3.40. The van der Waals surface area contributed by atoms with Gasteiger partial charge in [-0.25, -0.2) is 14.5 Å². The summed E-state index contributed by atoms with van der Waals surface area (Å²) in [7, 11) is 0. The maximum Gasteiger partial charge on any atom is 0.348 e. The third-order valence-electron chi connectivity index (χ3n) is 4.55. The van der Waals surface area contributed by atoms with Gasteiger partial charge in [-0.3, -0.25) is 4.79 Å². The highest BCUT2D eigenvalue weighted by Gasteiger charge is 2.31. The largest absolute Gasteiger partial charge is 0.507 e. The minimum atomic E-state index is -0.709. The number of fused-ring (bicyclic) bond motifs is 1. The van der Waals surface area contributed by atoms with Gasteiger partial charge in [0.1, 0.15) is 22.6 Å². The number of halogens is 1. The Morgan fingerprint density at radius 1 is 1.36 bits per heavy atom. The molecule has 9 heteroatoms. The van der Waals surface area contributed by atoms with E-state index in [2.05, 4.69) is 10.1 Å². The number of carbonyl (C=O) groups is 1. The molecule has 0 aliphatic carbocycles. The van der Waals surface area contributed by atoms with Crippen molar-refractivity contribution in [1.29, 1.82) is 0 Å². The topological polar surface area (TPSA) is 124 Å². The van der Waals surface area contributed by atoms with Crippen LogP contribution < -0.4 is 11.4 Å². The normalized spacial score (nSPS) is 15.8. The van der Waals surface area contributed by atoms with Gasteiger partial charge in [0, 0.05) is 17.5 Å². The molecule has 1 unspecified atom stereocenters. The Balaban J connectivity index is 1.93. The van der Waals surface area contributed by atoms with E-state index in [1.54, 1.807) is 23.7 Å². The molecule has 1 aliphatic rings. The second kappa shape index (κ2) is 6.65. The molecule has 0 spiro atoms. The Hall–Kier alpha value is -3.39. The summed E-state index contributed by atoms with van der Waals surface area (Å²) in [5.74, 6) is -0.440. The van der Waals surface area contributed by atoms with Crippen molar-refractivity contribution in [2.75, 3.05) is 0 Å². The summed E-state index contributed by atoms with van der Waals surface area (Å²) >= 11 is 5.98. The first-order valence-electron chi connectivity index (χ1n) is 8.39. The molecule has 0 fully saturated rings. The van der Waals surface area contributed by atoms with Crippen LogP contribution in [0.1, 0.15) is 39.7 Å². The molecule has 1 amide bonds. The molecule has 0 bridgehead atoms. The molecular formula is C19H15ClN4O4. The van der Waals surface area contributed by atoms with E-state index in [-0.39, 0.29) is 46.6 Å². The van der Waals surface area contributed by atoms with Gasteiger partial charge in [0.25, 0.3) is 5.91 Å². The summed E-state index contributed by atoms with van der Waals surface area (Å²) in [4.78, 5) is 28.6. The SMILES string of the molecule is Cc1cc(O)c(C2=Nc3c(C(N)=O)cnn3C(c3ccc(Cl)cc3)C2)c(=O)o1. The fraction of sp³-hybridized carbons (Fsp3) is 0.158. The van der Waals surface area contributed by atoms with E-state index in [1.807, 2.05) is 12.1 Å². The predicted octanol–water partition coefficient (Wildman–Crippen LogP) is 2.72. The molecule has 3 heterocycles. The summed E-state index contributed by atoms with van der Waals surface area (Å²) in [5, 5.41) is 15.2. The predicted molar refractivity (Wildman–Crippen MR) is 103 cm³/mol. The van der Waals surface area contributed by atoms with Gasteiger partial charge in [-0.1, -0.05) is 23.7 Å². The van der Waals surface area contributed by atoms with Crippen LogP contribution in [0.4, 0.5) is 5.82 Å². The highest BCUT2D eigenvalue weighted by Crippen LogP contribution is 2.36. The lowest BCUT2D eigenvalue weighted by molar-refractivity contribution is 0.100. The van der Waals surface area contributed by atoms with Gasteiger partial charge in [-0.15, -0.1) is 0 Å². The van der Waals surface area contributed by atoms with E-state index in [9.17, 15) is 14.7 Å². The molecule has 3 N–H and O–H groups in total. The van der Waals surface area contributed by atoms with Gasteiger partial charge >= 0.3 is 5.63 Å². The third kappa shape index (κ3) is 2.97. The van der Waals surface area contributed by atoms with Crippen LogP contribution in [0.25, 0.3) is 0 Å². The van der Waals surface area contributed by atoms with E-state index < -0.39 is 11.5 Å². The van der Waals surface area contributed by atoms with Crippen molar-refractivity contribution in [1.82, 2.24) is 9.78 Å². The number of benzene rings is 1. The standard InChI is InChI=1S/C19H15ClN4O4/c1-9-6-15(25)16(19(27)28-9)13-7-14(10-2-4-11(20)5-3-10)24-18(23-13)12(8-22-24)17(21)26/h2-6,8,14,25H,7H2,1H3,(H2,21,26). The first-order chi connectivity index (χ1) is 13.3. The number of amides is 1. The molecule has 0 saturated heterocycles.